The van der Waals surface area contributed by atoms with E-state index in [4.69, 9.17) is 4.74 Å². The Bertz CT molecular complexity index is 685. The van der Waals surface area contributed by atoms with Gasteiger partial charge in [-0.1, -0.05) is 30.3 Å². The largest absolute Gasteiger partial charge is 0.477 e. The van der Waals surface area contributed by atoms with Crippen molar-refractivity contribution in [2.75, 3.05) is 0 Å². The molecule has 1 saturated heterocycles. The summed E-state index contributed by atoms with van der Waals surface area (Å²) in [6.45, 7) is 3.25. The number of nitrogens with zero attached hydrogens (tertiary/aromatic N) is 1. The zero-order valence-electron chi connectivity index (χ0n) is 13.2. The Morgan fingerprint density at radius 1 is 1.29 bits per heavy atom. The monoisotopic (exact) mass is 350 g/mol. The molecule has 1 aliphatic rings. The Morgan fingerprint density at radius 2 is 1.92 bits per heavy atom. The minimum absolute atomic E-state index is 0.0723. The molecule has 0 saturated carbocycles. The number of aliphatic carboxylic acids is 1. The molecule has 0 aliphatic carbocycles. The predicted octanol–water partition coefficient (Wildman–Crippen LogP) is 1.76. The SMILES string of the molecule is CC(C)=C(C(=O)O)N1C(=O)C(NC(=O)OCc2ccccc2)C1S. The van der Waals surface area contributed by atoms with E-state index in [0.29, 0.717) is 5.57 Å². The number of carbonyl (C=O) groups is 3. The summed E-state index contributed by atoms with van der Waals surface area (Å²) >= 11 is 4.21. The Balaban J connectivity index is 1.93. The summed E-state index contributed by atoms with van der Waals surface area (Å²) in [5, 5.41) is 10.8. The second-order valence-electron chi connectivity index (χ2n) is 5.46. The summed E-state index contributed by atoms with van der Waals surface area (Å²) in [5.41, 5.74) is 1.16. The van der Waals surface area contributed by atoms with E-state index in [0.717, 1.165) is 10.5 Å². The number of carboxylic acid groups (broad SMARTS) is 1. The molecule has 1 aliphatic heterocycles. The number of benzene rings is 1. The van der Waals surface area contributed by atoms with E-state index in [-0.39, 0.29) is 12.3 Å². The molecule has 0 spiro atoms. The number of nitrogens with one attached hydrogen (secondary N) is 1. The zero-order valence-corrected chi connectivity index (χ0v) is 14.1. The number of thiol groups is 1. The third-order valence-electron chi connectivity index (χ3n) is 3.47. The van der Waals surface area contributed by atoms with Crippen LogP contribution in [0.25, 0.3) is 0 Å². The van der Waals surface area contributed by atoms with Crippen LogP contribution in [0.15, 0.2) is 41.6 Å². The third-order valence-corrected chi connectivity index (χ3v) is 4.00. The third kappa shape index (κ3) is 3.70. The standard InChI is InChI=1S/C16H18N2O5S/c1-9(2)12(15(20)21)18-13(19)11(14(18)24)17-16(22)23-8-10-6-4-3-5-7-10/h3-7,11,14,24H,8H2,1-2H3,(H,17,22)(H,20,21). The van der Waals surface area contributed by atoms with Gasteiger partial charge in [0.1, 0.15) is 23.7 Å². The summed E-state index contributed by atoms with van der Waals surface area (Å²) in [7, 11) is 0. The van der Waals surface area contributed by atoms with Crippen LogP contribution in [-0.2, 0) is 20.9 Å². The molecular formula is C16H18N2O5S. The predicted molar refractivity (Wildman–Crippen MR) is 89.2 cm³/mol. The molecule has 2 atom stereocenters. The van der Waals surface area contributed by atoms with Crippen molar-refractivity contribution in [2.45, 2.75) is 31.9 Å². The topological polar surface area (TPSA) is 95.9 Å². The van der Waals surface area contributed by atoms with Crippen LogP contribution in [0.3, 0.4) is 0 Å². The number of carbonyl (C=O) groups excluding carboxylic acids is 2. The molecule has 1 aromatic carbocycles. The van der Waals surface area contributed by atoms with Crippen LogP contribution in [-0.4, -0.2) is 39.4 Å². The van der Waals surface area contributed by atoms with Gasteiger partial charge in [-0.3, -0.25) is 9.69 Å². The fourth-order valence-corrected chi connectivity index (χ4v) is 2.73. The van der Waals surface area contributed by atoms with E-state index in [9.17, 15) is 19.5 Å². The van der Waals surface area contributed by atoms with E-state index in [2.05, 4.69) is 17.9 Å². The summed E-state index contributed by atoms with van der Waals surface area (Å²) < 4.78 is 5.04. The van der Waals surface area contributed by atoms with Gasteiger partial charge in [-0.2, -0.15) is 12.6 Å². The van der Waals surface area contributed by atoms with Crippen molar-refractivity contribution in [3.63, 3.8) is 0 Å². The van der Waals surface area contributed by atoms with Crippen molar-refractivity contribution in [1.82, 2.24) is 10.2 Å². The van der Waals surface area contributed by atoms with Crippen LogP contribution in [0.2, 0.25) is 0 Å². The Kier molecular flexibility index (Phi) is 5.50. The average molecular weight is 350 g/mol. The molecule has 7 nitrogen and oxygen atoms in total. The number of carboxylic acids is 1. The van der Waals surface area contributed by atoms with Crippen molar-refractivity contribution < 1.29 is 24.2 Å². The number of allylic oxidation sites excluding steroid dienone is 1. The van der Waals surface area contributed by atoms with Crippen LogP contribution in [0, 0.1) is 0 Å². The first kappa shape index (κ1) is 17.9. The Labute approximate surface area is 144 Å². The molecule has 2 amide bonds. The summed E-state index contributed by atoms with van der Waals surface area (Å²) in [4.78, 5) is 36.2. The second kappa shape index (κ2) is 7.39. The number of hydrogen-bond acceptors (Lipinski definition) is 5. The first-order valence-electron chi connectivity index (χ1n) is 7.22. The van der Waals surface area contributed by atoms with Crippen LogP contribution in [0.1, 0.15) is 19.4 Å². The molecule has 2 N–H and O–H groups in total. The molecule has 1 heterocycles. The number of likely N-dealkylation sites (tertiary alicyclic amines) is 1. The Morgan fingerprint density at radius 3 is 2.42 bits per heavy atom. The molecule has 0 radical (unpaired) electrons. The number of β-lactam (4-membered cyclic amide) rings is 1. The van der Waals surface area contributed by atoms with E-state index < -0.39 is 29.4 Å². The molecule has 8 heteroatoms. The smallest absolute Gasteiger partial charge is 0.408 e. The summed E-state index contributed by atoms with van der Waals surface area (Å²) in [6, 6.07) is 8.17. The number of alkyl carbamates (subject to hydrolysis) is 1. The lowest BCUT2D eigenvalue weighted by Gasteiger charge is -2.44. The molecule has 0 bridgehead atoms. The van der Waals surface area contributed by atoms with Gasteiger partial charge in [0.25, 0.3) is 5.91 Å². The van der Waals surface area contributed by atoms with Gasteiger partial charge in [0.05, 0.1) is 0 Å². The zero-order chi connectivity index (χ0) is 17.9. The van der Waals surface area contributed by atoms with Gasteiger partial charge in [0, 0.05) is 0 Å². The quantitative estimate of drug-likeness (QED) is 0.427. The van der Waals surface area contributed by atoms with Gasteiger partial charge in [-0.25, -0.2) is 9.59 Å². The minimum atomic E-state index is -1.22. The molecule has 2 rings (SSSR count). The molecule has 1 fully saturated rings. The highest BCUT2D eigenvalue weighted by molar-refractivity contribution is 7.81. The van der Waals surface area contributed by atoms with Crippen molar-refractivity contribution in [3.8, 4) is 0 Å². The van der Waals surface area contributed by atoms with E-state index in [1.165, 1.54) is 0 Å². The molecular weight excluding hydrogens is 332 g/mol. The first-order valence-corrected chi connectivity index (χ1v) is 7.73. The number of hydrogen-bond donors (Lipinski definition) is 3. The molecule has 128 valence electrons. The van der Waals surface area contributed by atoms with Crippen molar-refractivity contribution in [1.29, 1.82) is 0 Å². The van der Waals surface area contributed by atoms with Gasteiger partial charge in [-0.15, -0.1) is 0 Å². The highest BCUT2D eigenvalue weighted by Crippen LogP contribution is 2.29. The lowest BCUT2D eigenvalue weighted by atomic mass is 10.0. The molecule has 24 heavy (non-hydrogen) atoms. The second-order valence-corrected chi connectivity index (χ2v) is 5.99. The summed E-state index contributed by atoms with van der Waals surface area (Å²) in [6.07, 6.45) is -0.759. The lowest BCUT2D eigenvalue weighted by molar-refractivity contribution is -0.148. The minimum Gasteiger partial charge on any atom is -0.477 e. The maximum Gasteiger partial charge on any atom is 0.408 e. The number of ether oxygens (including phenoxy) is 1. The highest BCUT2D eigenvalue weighted by Gasteiger charge is 2.50. The van der Waals surface area contributed by atoms with Crippen LogP contribution in [0.5, 0.6) is 0 Å². The highest BCUT2D eigenvalue weighted by atomic mass is 32.1. The average Bonchev–Trinajstić information content (AvgIpc) is 2.55. The van der Waals surface area contributed by atoms with Gasteiger partial charge in [-0.05, 0) is 25.0 Å². The van der Waals surface area contributed by atoms with Gasteiger partial charge in [0.2, 0.25) is 0 Å². The fraction of sp³-hybridized carbons (Fsp3) is 0.312. The van der Waals surface area contributed by atoms with Gasteiger partial charge in [0.15, 0.2) is 0 Å². The van der Waals surface area contributed by atoms with Gasteiger partial charge >= 0.3 is 12.1 Å². The van der Waals surface area contributed by atoms with Gasteiger partial charge < -0.3 is 15.2 Å². The fourth-order valence-electron chi connectivity index (χ4n) is 2.30. The number of rotatable bonds is 5. The normalized spacial score (nSPS) is 19.3. The molecule has 1 aromatic rings. The Hall–Kier alpha value is -2.48. The summed E-state index contributed by atoms with van der Waals surface area (Å²) in [5.74, 6) is -1.75. The maximum atomic E-state index is 12.1. The van der Waals surface area contributed by atoms with Crippen molar-refractivity contribution >= 4 is 30.6 Å². The van der Waals surface area contributed by atoms with Crippen LogP contribution in [0.4, 0.5) is 4.79 Å². The van der Waals surface area contributed by atoms with E-state index in [1.807, 2.05) is 18.2 Å². The number of amides is 2. The lowest BCUT2D eigenvalue weighted by Crippen LogP contribution is -2.68. The van der Waals surface area contributed by atoms with Crippen LogP contribution < -0.4 is 5.32 Å². The molecule has 0 aromatic heterocycles. The van der Waals surface area contributed by atoms with E-state index in [1.54, 1.807) is 26.0 Å². The van der Waals surface area contributed by atoms with Crippen molar-refractivity contribution in [2.24, 2.45) is 0 Å². The molecule has 2 unspecified atom stereocenters. The van der Waals surface area contributed by atoms with Crippen molar-refractivity contribution in [3.05, 3.63) is 47.2 Å². The van der Waals surface area contributed by atoms with Crippen LogP contribution >= 0.6 is 12.6 Å². The maximum absolute atomic E-state index is 12.1. The first-order chi connectivity index (χ1) is 11.3. The van der Waals surface area contributed by atoms with E-state index >= 15 is 0 Å².